The molecule has 6 heteroatoms. The number of aliphatic hydroxyl groups excluding tert-OH is 1. The fourth-order valence-electron chi connectivity index (χ4n) is 2.12. The highest BCUT2D eigenvalue weighted by atomic mass is 32.2. The first-order valence-corrected chi connectivity index (χ1v) is 8.31. The number of aliphatic hydroxyl groups is 1. The summed E-state index contributed by atoms with van der Waals surface area (Å²) in [7, 11) is 0. The van der Waals surface area contributed by atoms with Crippen LogP contribution in [0.2, 0.25) is 0 Å². The van der Waals surface area contributed by atoms with Crippen LogP contribution in [0.25, 0.3) is 0 Å². The Morgan fingerprint density at radius 1 is 1.27 bits per heavy atom. The lowest BCUT2D eigenvalue weighted by Crippen LogP contribution is -2.07. The molecule has 5 nitrogen and oxygen atoms in total. The molecule has 0 unspecified atom stereocenters. The maximum absolute atomic E-state index is 12.3. The highest BCUT2D eigenvalue weighted by Crippen LogP contribution is 2.20. The van der Waals surface area contributed by atoms with Gasteiger partial charge in [-0.15, -0.1) is 10.2 Å². The van der Waals surface area contributed by atoms with Gasteiger partial charge in [0.2, 0.25) is 0 Å². The van der Waals surface area contributed by atoms with E-state index in [1.807, 2.05) is 36.6 Å². The van der Waals surface area contributed by atoms with Crippen molar-refractivity contribution < 1.29 is 9.90 Å². The van der Waals surface area contributed by atoms with E-state index >= 15 is 0 Å². The van der Waals surface area contributed by atoms with Crippen molar-refractivity contribution in [3.05, 3.63) is 40.7 Å². The second kappa shape index (κ2) is 7.56. The molecule has 0 bridgehead atoms. The van der Waals surface area contributed by atoms with Crippen LogP contribution in [0.4, 0.5) is 0 Å². The molecule has 2 rings (SSSR count). The maximum atomic E-state index is 12.3. The molecule has 0 spiro atoms. The first kappa shape index (κ1) is 16.7. The van der Waals surface area contributed by atoms with E-state index in [-0.39, 0.29) is 12.4 Å². The fourth-order valence-corrected chi connectivity index (χ4v) is 3.00. The lowest BCUT2D eigenvalue weighted by atomic mass is 10.0. The third-order valence-electron chi connectivity index (χ3n) is 3.54. The van der Waals surface area contributed by atoms with E-state index in [1.165, 1.54) is 17.3 Å². The number of benzene rings is 1. The van der Waals surface area contributed by atoms with Gasteiger partial charge in [0.05, 0.1) is 5.75 Å². The van der Waals surface area contributed by atoms with Crippen molar-refractivity contribution in [2.24, 2.45) is 0 Å². The molecular formula is C16H21N3O2S. The van der Waals surface area contributed by atoms with E-state index in [4.69, 9.17) is 0 Å². The van der Waals surface area contributed by atoms with Crippen molar-refractivity contribution in [1.82, 2.24) is 14.8 Å². The average Bonchev–Trinajstić information content (AvgIpc) is 2.90. The Bertz CT molecular complexity index is 667. The van der Waals surface area contributed by atoms with E-state index < -0.39 is 0 Å². The summed E-state index contributed by atoms with van der Waals surface area (Å²) >= 11 is 1.36. The first-order chi connectivity index (χ1) is 10.6. The molecular weight excluding hydrogens is 298 g/mol. The topological polar surface area (TPSA) is 68.0 Å². The van der Waals surface area contributed by atoms with Crippen molar-refractivity contribution in [3.8, 4) is 0 Å². The molecule has 1 heterocycles. The standard InChI is InChI=1S/C16H21N3O2S/c1-4-7-19-15(9-20)17-18-16(19)22-10-14(21)13-6-5-11(2)12(3)8-13/h5-6,8,20H,4,7,9-10H2,1-3H3. The highest BCUT2D eigenvalue weighted by Gasteiger charge is 2.14. The van der Waals surface area contributed by atoms with Gasteiger partial charge >= 0.3 is 0 Å². The monoisotopic (exact) mass is 319 g/mol. The summed E-state index contributed by atoms with van der Waals surface area (Å²) in [5.41, 5.74) is 3.02. The predicted octanol–water partition coefficient (Wildman–Crippen LogP) is 2.77. The van der Waals surface area contributed by atoms with Gasteiger partial charge in [-0.25, -0.2) is 0 Å². The number of ketones is 1. The molecule has 0 radical (unpaired) electrons. The molecule has 22 heavy (non-hydrogen) atoms. The minimum atomic E-state index is -0.140. The van der Waals surface area contributed by atoms with Crippen LogP contribution in [0.5, 0.6) is 0 Å². The summed E-state index contributed by atoms with van der Waals surface area (Å²) in [6, 6.07) is 5.76. The number of aromatic nitrogens is 3. The summed E-state index contributed by atoms with van der Waals surface area (Å²) in [5.74, 6) is 0.933. The van der Waals surface area contributed by atoms with E-state index in [2.05, 4.69) is 17.1 Å². The molecule has 0 saturated carbocycles. The summed E-state index contributed by atoms with van der Waals surface area (Å²) in [4.78, 5) is 12.3. The molecule has 1 aromatic heterocycles. The molecule has 0 saturated heterocycles. The van der Waals surface area contributed by atoms with Crippen LogP contribution >= 0.6 is 11.8 Å². The predicted molar refractivity (Wildman–Crippen MR) is 87.2 cm³/mol. The van der Waals surface area contributed by atoms with Crippen LogP contribution in [0.3, 0.4) is 0 Å². The molecule has 118 valence electrons. The number of hydrogen-bond donors (Lipinski definition) is 1. The number of hydrogen-bond acceptors (Lipinski definition) is 5. The van der Waals surface area contributed by atoms with Gasteiger partial charge < -0.3 is 9.67 Å². The molecule has 0 amide bonds. The summed E-state index contributed by atoms with van der Waals surface area (Å²) in [6.07, 6.45) is 0.920. The van der Waals surface area contributed by atoms with Gasteiger partial charge in [-0.3, -0.25) is 4.79 Å². The normalized spacial score (nSPS) is 10.9. The van der Waals surface area contributed by atoms with Gasteiger partial charge in [0, 0.05) is 12.1 Å². The van der Waals surface area contributed by atoms with Crippen LogP contribution in [0.1, 0.15) is 40.7 Å². The van der Waals surface area contributed by atoms with Gasteiger partial charge in [0.25, 0.3) is 0 Å². The van der Waals surface area contributed by atoms with Gasteiger partial charge in [-0.1, -0.05) is 30.8 Å². The van der Waals surface area contributed by atoms with E-state index in [0.29, 0.717) is 16.7 Å². The zero-order valence-electron chi connectivity index (χ0n) is 13.2. The van der Waals surface area contributed by atoms with Crippen molar-refractivity contribution in [3.63, 3.8) is 0 Å². The Hall–Kier alpha value is -1.66. The third kappa shape index (κ3) is 3.75. The fraction of sp³-hybridized carbons (Fsp3) is 0.438. The van der Waals surface area contributed by atoms with Crippen molar-refractivity contribution in [2.75, 3.05) is 5.75 Å². The lowest BCUT2D eigenvalue weighted by Gasteiger charge is -2.07. The van der Waals surface area contributed by atoms with Crippen LogP contribution in [0.15, 0.2) is 23.4 Å². The Kier molecular flexibility index (Phi) is 5.74. The molecule has 1 N–H and O–H groups in total. The van der Waals surface area contributed by atoms with Crippen LogP contribution in [-0.4, -0.2) is 31.4 Å². The molecule has 0 aliphatic heterocycles. The number of nitrogens with zero attached hydrogens (tertiary/aromatic N) is 3. The number of carbonyl (C=O) groups excluding carboxylic acids is 1. The van der Waals surface area contributed by atoms with Crippen LogP contribution in [0, 0.1) is 13.8 Å². The lowest BCUT2D eigenvalue weighted by molar-refractivity contribution is 0.102. The third-order valence-corrected chi connectivity index (χ3v) is 4.51. The van der Waals surface area contributed by atoms with E-state index in [0.717, 1.165) is 24.1 Å². The van der Waals surface area contributed by atoms with E-state index in [1.54, 1.807) is 0 Å². The zero-order valence-corrected chi connectivity index (χ0v) is 14.0. The minimum absolute atomic E-state index is 0.0738. The second-order valence-electron chi connectivity index (χ2n) is 5.22. The van der Waals surface area contributed by atoms with Crippen molar-refractivity contribution in [2.45, 2.75) is 45.5 Å². The average molecular weight is 319 g/mol. The zero-order chi connectivity index (χ0) is 16.1. The molecule has 0 aliphatic rings. The van der Waals surface area contributed by atoms with Crippen LogP contribution in [-0.2, 0) is 13.2 Å². The molecule has 1 aromatic carbocycles. The number of aryl methyl sites for hydroxylation is 2. The van der Waals surface area contributed by atoms with E-state index in [9.17, 15) is 9.90 Å². The number of carbonyl (C=O) groups is 1. The number of thioether (sulfide) groups is 1. The summed E-state index contributed by atoms with van der Waals surface area (Å²) < 4.78 is 1.87. The van der Waals surface area contributed by atoms with Gasteiger partial charge in [0.15, 0.2) is 16.8 Å². The number of rotatable bonds is 7. The SMILES string of the molecule is CCCn1c(CO)nnc1SCC(=O)c1ccc(C)c(C)c1. The minimum Gasteiger partial charge on any atom is -0.388 e. The smallest absolute Gasteiger partial charge is 0.191 e. The number of Topliss-reactive ketones (excluding diaryl/α,β-unsaturated/α-hetero) is 1. The Balaban J connectivity index is 2.07. The summed E-state index contributed by atoms with van der Waals surface area (Å²) in [6.45, 7) is 6.68. The second-order valence-corrected chi connectivity index (χ2v) is 6.16. The van der Waals surface area contributed by atoms with Crippen molar-refractivity contribution >= 4 is 17.5 Å². The highest BCUT2D eigenvalue weighted by molar-refractivity contribution is 7.99. The molecule has 2 aromatic rings. The molecule has 0 fully saturated rings. The Morgan fingerprint density at radius 3 is 2.68 bits per heavy atom. The largest absolute Gasteiger partial charge is 0.388 e. The quantitative estimate of drug-likeness (QED) is 0.628. The van der Waals surface area contributed by atoms with Gasteiger partial charge in [-0.05, 0) is 37.5 Å². The van der Waals surface area contributed by atoms with Crippen molar-refractivity contribution in [1.29, 1.82) is 0 Å². The summed E-state index contributed by atoms with van der Waals surface area (Å²) in [5, 5.41) is 18.0. The Morgan fingerprint density at radius 2 is 2.05 bits per heavy atom. The van der Waals surface area contributed by atoms with Crippen LogP contribution < -0.4 is 0 Å². The van der Waals surface area contributed by atoms with Gasteiger partial charge in [-0.2, -0.15) is 0 Å². The Labute approximate surface area is 134 Å². The molecule has 0 atom stereocenters. The molecule has 0 aliphatic carbocycles. The first-order valence-electron chi connectivity index (χ1n) is 7.33. The van der Waals surface area contributed by atoms with Gasteiger partial charge in [0.1, 0.15) is 6.61 Å². The maximum Gasteiger partial charge on any atom is 0.191 e.